The predicted molar refractivity (Wildman–Crippen MR) is 152 cm³/mol. The van der Waals surface area contributed by atoms with Crippen molar-refractivity contribution in [3.05, 3.63) is 95.9 Å². The molecule has 0 aliphatic carbocycles. The lowest BCUT2D eigenvalue weighted by molar-refractivity contribution is 0.284. The molecule has 0 saturated carbocycles. The average molecular weight is 634 g/mol. The van der Waals surface area contributed by atoms with E-state index < -0.39 is 0 Å². The van der Waals surface area contributed by atoms with Crippen LogP contribution < -0.4 is 15.0 Å². The molecular weight excluding hydrogens is 610 g/mol. The average Bonchev–Trinajstić information content (AvgIpc) is 2.89. The van der Waals surface area contributed by atoms with Crippen molar-refractivity contribution in [2.75, 3.05) is 7.11 Å². The van der Waals surface area contributed by atoms with E-state index in [9.17, 15) is 4.79 Å². The zero-order chi connectivity index (χ0) is 25.7. The summed E-state index contributed by atoms with van der Waals surface area (Å²) in [5, 5.41) is 5.37. The van der Waals surface area contributed by atoms with Crippen LogP contribution in [-0.2, 0) is 13.0 Å². The van der Waals surface area contributed by atoms with Crippen LogP contribution in [0.3, 0.4) is 0 Å². The van der Waals surface area contributed by atoms with Gasteiger partial charge in [-0.3, -0.25) is 4.79 Å². The molecule has 0 radical (unpaired) electrons. The van der Waals surface area contributed by atoms with Crippen LogP contribution in [0.25, 0.3) is 10.9 Å². The third-order valence-electron chi connectivity index (χ3n) is 5.54. The molecule has 0 aliphatic heterocycles. The van der Waals surface area contributed by atoms with Crippen molar-refractivity contribution in [2.45, 2.75) is 32.8 Å². The smallest absolute Gasteiger partial charge is 0.282 e. The molecule has 0 saturated heterocycles. The number of rotatable bonds is 9. The molecule has 36 heavy (non-hydrogen) atoms. The van der Waals surface area contributed by atoms with Crippen LogP contribution in [0.1, 0.15) is 36.7 Å². The molecule has 1 heterocycles. The van der Waals surface area contributed by atoms with Crippen LogP contribution in [0.15, 0.2) is 73.4 Å². The van der Waals surface area contributed by atoms with Gasteiger partial charge in [-0.05, 0) is 52.2 Å². The van der Waals surface area contributed by atoms with Crippen molar-refractivity contribution in [1.29, 1.82) is 0 Å². The molecule has 1 aromatic heterocycles. The molecule has 186 valence electrons. The minimum atomic E-state index is -0.236. The summed E-state index contributed by atoms with van der Waals surface area (Å²) in [6, 6.07) is 17.0. The van der Waals surface area contributed by atoms with E-state index in [0.717, 1.165) is 22.9 Å². The monoisotopic (exact) mass is 631 g/mol. The number of methoxy groups -OCH3 is 1. The fourth-order valence-corrected chi connectivity index (χ4v) is 4.66. The second kappa shape index (κ2) is 12.0. The highest BCUT2D eigenvalue weighted by Crippen LogP contribution is 2.42. The van der Waals surface area contributed by atoms with E-state index in [0.29, 0.717) is 56.3 Å². The summed E-state index contributed by atoms with van der Waals surface area (Å²) in [5.74, 6) is 1.48. The van der Waals surface area contributed by atoms with Gasteiger partial charge in [0.05, 0.1) is 24.2 Å². The predicted octanol–water partition coefficient (Wildman–Crippen LogP) is 7.39. The second-order valence-electron chi connectivity index (χ2n) is 8.05. The third kappa shape index (κ3) is 5.82. The van der Waals surface area contributed by atoms with Crippen molar-refractivity contribution in [3.8, 4) is 11.5 Å². The number of aryl methyl sites for hydroxylation is 1. The Hall–Kier alpha value is -2.68. The number of aromatic nitrogens is 2. The van der Waals surface area contributed by atoms with Gasteiger partial charge in [-0.2, -0.15) is 9.78 Å². The van der Waals surface area contributed by atoms with E-state index >= 15 is 0 Å². The number of ether oxygens (including phenoxy) is 2. The number of hydrogen-bond donors (Lipinski definition) is 0. The molecule has 3 aromatic carbocycles. The molecule has 0 spiro atoms. The van der Waals surface area contributed by atoms with Gasteiger partial charge in [0, 0.05) is 20.9 Å². The van der Waals surface area contributed by atoms with E-state index in [1.54, 1.807) is 25.5 Å². The maximum absolute atomic E-state index is 13.3. The van der Waals surface area contributed by atoms with E-state index in [-0.39, 0.29) is 5.56 Å². The van der Waals surface area contributed by atoms with Crippen molar-refractivity contribution in [3.63, 3.8) is 0 Å². The number of nitrogens with zero attached hydrogens (tertiary/aromatic N) is 3. The van der Waals surface area contributed by atoms with Gasteiger partial charge in [-0.25, -0.2) is 4.98 Å². The molecule has 4 rings (SSSR count). The molecule has 0 aliphatic rings. The van der Waals surface area contributed by atoms with E-state index in [4.69, 9.17) is 26.1 Å². The first-order chi connectivity index (χ1) is 17.4. The highest BCUT2D eigenvalue weighted by atomic mass is 79.9. The number of benzene rings is 3. The highest BCUT2D eigenvalue weighted by molar-refractivity contribution is 9.10. The molecule has 0 fully saturated rings. The molecule has 0 unspecified atom stereocenters. The van der Waals surface area contributed by atoms with Crippen LogP contribution in [0.5, 0.6) is 11.5 Å². The number of halogens is 3. The van der Waals surface area contributed by atoms with Crippen LogP contribution in [0.4, 0.5) is 0 Å². The first-order valence-electron chi connectivity index (χ1n) is 11.4. The van der Waals surface area contributed by atoms with Crippen LogP contribution in [0.2, 0.25) is 5.02 Å². The molecule has 6 nitrogen and oxygen atoms in total. The largest absolute Gasteiger partial charge is 0.493 e. The molecule has 0 atom stereocenters. The zero-order valence-electron chi connectivity index (χ0n) is 19.8. The second-order valence-corrected chi connectivity index (χ2v) is 10.1. The Kier molecular flexibility index (Phi) is 8.82. The minimum Gasteiger partial charge on any atom is -0.493 e. The first kappa shape index (κ1) is 26.4. The van der Waals surface area contributed by atoms with Crippen LogP contribution >= 0.6 is 43.5 Å². The third-order valence-corrected chi connectivity index (χ3v) is 7.48. The summed E-state index contributed by atoms with van der Waals surface area (Å²) in [7, 11) is 1.55. The Bertz CT molecular complexity index is 1470. The fraction of sp³-hybridized carbons (Fsp3) is 0.222. The Morgan fingerprint density at radius 3 is 2.64 bits per heavy atom. The van der Waals surface area contributed by atoms with Crippen molar-refractivity contribution in [1.82, 2.24) is 9.66 Å². The lowest BCUT2D eigenvalue weighted by Crippen LogP contribution is -2.22. The summed E-state index contributed by atoms with van der Waals surface area (Å²) in [5.41, 5.74) is 2.05. The maximum Gasteiger partial charge on any atom is 0.282 e. The Morgan fingerprint density at radius 1 is 1.14 bits per heavy atom. The minimum absolute atomic E-state index is 0.236. The number of unbranched alkanes of at least 4 members (excludes halogenated alkanes) is 1. The van der Waals surface area contributed by atoms with Crippen molar-refractivity contribution >= 4 is 60.6 Å². The Morgan fingerprint density at radius 2 is 1.92 bits per heavy atom. The molecule has 0 N–H and O–H groups in total. The van der Waals surface area contributed by atoms with Gasteiger partial charge in [0.25, 0.3) is 5.56 Å². The normalized spacial score (nSPS) is 11.4. The van der Waals surface area contributed by atoms with E-state index in [1.807, 2.05) is 42.5 Å². The number of hydrogen-bond acceptors (Lipinski definition) is 5. The summed E-state index contributed by atoms with van der Waals surface area (Å²) < 4.78 is 14.3. The molecule has 0 amide bonds. The molecule has 9 heteroatoms. The van der Waals surface area contributed by atoms with Crippen LogP contribution in [0, 0.1) is 0 Å². The van der Waals surface area contributed by atoms with Gasteiger partial charge >= 0.3 is 0 Å². The van der Waals surface area contributed by atoms with Gasteiger partial charge in [0.2, 0.25) is 0 Å². The van der Waals surface area contributed by atoms with Gasteiger partial charge in [-0.1, -0.05) is 71.2 Å². The van der Waals surface area contributed by atoms with Gasteiger partial charge in [0.1, 0.15) is 17.5 Å². The van der Waals surface area contributed by atoms with E-state index in [1.165, 1.54) is 4.68 Å². The molecule has 4 aromatic rings. The Labute approximate surface area is 231 Å². The zero-order valence-corrected chi connectivity index (χ0v) is 23.7. The topological polar surface area (TPSA) is 65.7 Å². The van der Waals surface area contributed by atoms with Gasteiger partial charge in [0.15, 0.2) is 11.5 Å². The molecule has 0 bridgehead atoms. The van der Waals surface area contributed by atoms with Crippen LogP contribution in [-0.4, -0.2) is 23.0 Å². The Balaban J connectivity index is 1.73. The summed E-state index contributed by atoms with van der Waals surface area (Å²) in [6.07, 6.45) is 4.07. The SMILES string of the molecule is CCCCc1nc2ccc(Br)cc2c(=O)n1N=Cc1cc(OC)c(OCc2ccccc2)c(Cl)c1Br. The fourth-order valence-electron chi connectivity index (χ4n) is 3.64. The highest BCUT2D eigenvalue weighted by Gasteiger charge is 2.18. The van der Waals surface area contributed by atoms with E-state index in [2.05, 4.69) is 43.9 Å². The van der Waals surface area contributed by atoms with Crippen molar-refractivity contribution < 1.29 is 9.47 Å². The lowest BCUT2D eigenvalue weighted by Gasteiger charge is -2.15. The van der Waals surface area contributed by atoms with Gasteiger partial charge < -0.3 is 9.47 Å². The van der Waals surface area contributed by atoms with Gasteiger partial charge in [-0.15, -0.1) is 0 Å². The molecular formula is C27H24Br2ClN3O3. The number of fused-ring (bicyclic) bond motifs is 1. The quantitative estimate of drug-likeness (QED) is 0.180. The standard InChI is InChI=1S/C27H24Br2ClN3O3/c1-3-4-10-23-32-21-12-11-19(28)14-20(21)27(34)33(23)31-15-18-13-22(35-2)26(25(30)24(18)29)36-16-17-8-6-5-7-9-17/h5-9,11-15H,3-4,10,16H2,1-2H3. The van der Waals surface area contributed by atoms with Crippen molar-refractivity contribution in [2.24, 2.45) is 5.10 Å². The maximum atomic E-state index is 13.3. The summed E-state index contributed by atoms with van der Waals surface area (Å²) in [6.45, 7) is 2.43. The summed E-state index contributed by atoms with van der Waals surface area (Å²) >= 11 is 13.6. The first-order valence-corrected chi connectivity index (χ1v) is 13.4. The lowest BCUT2D eigenvalue weighted by atomic mass is 10.2. The summed E-state index contributed by atoms with van der Waals surface area (Å²) in [4.78, 5) is 18.1.